The minimum absolute atomic E-state index is 0. The van der Waals surface area contributed by atoms with Crippen LogP contribution in [0.15, 0.2) is 0 Å². The molecule has 0 aromatic carbocycles. The Morgan fingerprint density at radius 2 is 0.512 bits per heavy atom. The van der Waals surface area contributed by atoms with E-state index >= 15 is 0 Å². The maximum absolute atomic E-state index is 6.39. The van der Waals surface area contributed by atoms with Crippen LogP contribution in [-0.2, 0) is 4.74 Å². The zero-order valence-corrected chi connectivity index (χ0v) is 30.1. The molecular formula is C41H87AlO. The molecule has 2 heteroatoms. The molecule has 0 aliphatic rings. The topological polar surface area (TPSA) is 9.23 Å². The van der Waals surface area contributed by atoms with Crippen molar-refractivity contribution in [3.8, 4) is 0 Å². The molecule has 0 aromatic heterocycles. The molecule has 0 spiro atoms. The Labute approximate surface area is 285 Å². The molecule has 0 amide bonds. The summed E-state index contributed by atoms with van der Waals surface area (Å²) in [7, 11) is 0. The molecule has 260 valence electrons. The van der Waals surface area contributed by atoms with Gasteiger partial charge in [-0.3, -0.25) is 0 Å². The molecule has 1 nitrogen and oxygen atoms in total. The Morgan fingerprint density at radius 1 is 0.279 bits per heavy atom. The van der Waals surface area contributed by atoms with Crippen LogP contribution >= 0.6 is 0 Å². The highest BCUT2D eigenvalue weighted by molar-refractivity contribution is 5.75. The van der Waals surface area contributed by atoms with Gasteiger partial charge in [-0.25, -0.2) is 0 Å². The molecule has 0 saturated carbocycles. The smallest absolute Gasteiger partial charge is 0.187 e. The first-order chi connectivity index (χ1) is 20.8. The van der Waals surface area contributed by atoms with Crippen molar-refractivity contribution in [1.29, 1.82) is 0 Å². The van der Waals surface area contributed by atoms with Crippen LogP contribution in [0.5, 0.6) is 0 Å². The Hall–Kier alpha value is 0.492. The van der Waals surface area contributed by atoms with Gasteiger partial charge in [0, 0.05) is 6.61 Å². The van der Waals surface area contributed by atoms with E-state index in [2.05, 4.69) is 20.8 Å². The Bertz CT molecular complexity index is 453. The zero-order valence-electron chi connectivity index (χ0n) is 30.1. The monoisotopic (exact) mass is 623 g/mol. The van der Waals surface area contributed by atoms with E-state index in [0.717, 1.165) is 6.61 Å². The maximum atomic E-state index is 6.39. The summed E-state index contributed by atoms with van der Waals surface area (Å²) in [6.07, 6.45) is 52.0. The molecule has 0 bridgehead atoms. The lowest BCUT2D eigenvalue weighted by molar-refractivity contribution is 0.0360. The van der Waals surface area contributed by atoms with Gasteiger partial charge in [-0.15, -0.1) is 0 Å². The quantitative estimate of drug-likeness (QED) is 0.0491. The van der Waals surface area contributed by atoms with Crippen LogP contribution in [-0.4, -0.2) is 30.1 Å². The molecular weight excluding hydrogens is 535 g/mol. The van der Waals surface area contributed by atoms with Crippen LogP contribution in [0.3, 0.4) is 0 Å². The van der Waals surface area contributed by atoms with Crippen molar-refractivity contribution in [3.63, 3.8) is 0 Å². The standard InChI is InChI=1S/C41H84O.Al.3H/c1-4-7-10-12-14-16-18-20-22-24-26-28-30-32-34-36-39-41(38-9-6-3)42-40-37-35-33-31-29-27-25-23-21-19-17-15-13-11-8-5-2;;;;/h41H,4-40H2,1-3H3;;;;. The molecule has 0 rings (SSSR count). The molecule has 1 atom stereocenters. The van der Waals surface area contributed by atoms with E-state index in [4.69, 9.17) is 4.74 Å². The Morgan fingerprint density at radius 3 is 0.814 bits per heavy atom. The van der Waals surface area contributed by atoms with Gasteiger partial charge in [0.2, 0.25) is 0 Å². The number of ether oxygens (including phenoxy) is 1. The Balaban J connectivity index is 0. The third kappa shape index (κ3) is 40.5. The van der Waals surface area contributed by atoms with E-state index < -0.39 is 0 Å². The van der Waals surface area contributed by atoms with E-state index in [1.165, 1.54) is 231 Å². The van der Waals surface area contributed by atoms with E-state index in [1.54, 1.807) is 0 Å². The summed E-state index contributed by atoms with van der Waals surface area (Å²) in [5.74, 6) is 0. The van der Waals surface area contributed by atoms with Gasteiger partial charge < -0.3 is 4.74 Å². The van der Waals surface area contributed by atoms with Crippen molar-refractivity contribution >= 4 is 17.4 Å². The van der Waals surface area contributed by atoms with Crippen LogP contribution in [0, 0.1) is 0 Å². The fraction of sp³-hybridized carbons (Fsp3) is 1.00. The average Bonchev–Trinajstić information content (AvgIpc) is 3.00. The van der Waals surface area contributed by atoms with Crippen LogP contribution < -0.4 is 0 Å². The normalized spacial score (nSPS) is 12.1. The summed E-state index contributed by atoms with van der Waals surface area (Å²) < 4.78 is 6.39. The molecule has 0 N–H and O–H groups in total. The predicted octanol–water partition coefficient (Wildman–Crippen LogP) is 14.3. The highest BCUT2D eigenvalue weighted by atomic mass is 27.0. The first-order valence-electron chi connectivity index (χ1n) is 20.5. The third-order valence-corrected chi connectivity index (χ3v) is 9.61. The van der Waals surface area contributed by atoms with Gasteiger partial charge in [-0.05, 0) is 19.3 Å². The first-order valence-corrected chi connectivity index (χ1v) is 20.5. The van der Waals surface area contributed by atoms with Gasteiger partial charge in [0.1, 0.15) is 0 Å². The fourth-order valence-electron chi connectivity index (χ4n) is 6.56. The van der Waals surface area contributed by atoms with E-state index in [9.17, 15) is 0 Å². The summed E-state index contributed by atoms with van der Waals surface area (Å²) in [4.78, 5) is 0. The van der Waals surface area contributed by atoms with Gasteiger partial charge in [0.15, 0.2) is 17.4 Å². The molecule has 0 aliphatic carbocycles. The molecule has 0 saturated heterocycles. The SMILES string of the molecule is CCCCCCCCCCCCCCCCCCOC(CCCC)CCCCCCCCCCCCCCCCCC.[AlH3]. The minimum Gasteiger partial charge on any atom is -0.378 e. The molecule has 0 aromatic rings. The number of rotatable bonds is 38. The van der Waals surface area contributed by atoms with Crippen molar-refractivity contribution in [2.24, 2.45) is 0 Å². The second-order valence-electron chi connectivity index (χ2n) is 14.0. The summed E-state index contributed by atoms with van der Waals surface area (Å²) in [6, 6.07) is 0. The fourth-order valence-corrected chi connectivity index (χ4v) is 6.56. The predicted molar refractivity (Wildman–Crippen MR) is 203 cm³/mol. The van der Waals surface area contributed by atoms with Gasteiger partial charge in [-0.2, -0.15) is 0 Å². The second-order valence-corrected chi connectivity index (χ2v) is 14.0. The lowest BCUT2D eigenvalue weighted by Gasteiger charge is -2.18. The van der Waals surface area contributed by atoms with Gasteiger partial charge in [-0.1, -0.05) is 233 Å². The number of hydrogen-bond acceptors (Lipinski definition) is 1. The van der Waals surface area contributed by atoms with Crippen molar-refractivity contribution < 1.29 is 4.74 Å². The molecule has 0 radical (unpaired) electrons. The summed E-state index contributed by atoms with van der Waals surface area (Å²) >= 11 is 0. The number of unbranched alkanes of at least 4 members (excludes halogenated alkanes) is 31. The van der Waals surface area contributed by atoms with Crippen LogP contribution in [0.4, 0.5) is 0 Å². The summed E-state index contributed by atoms with van der Waals surface area (Å²) in [5, 5.41) is 0. The molecule has 0 aliphatic heterocycles. The van der Waals surface area contributed by atoms with Gasteiger partial charge >= 0.3 is 0 Å². The van der Waals surface area contributed by atoms with Crippen molar-refractivity contribution in [2.75, 3.05) is 6.61 Å². The van der Waals surface area contributed by atoms with Crippen LogP contribution in [0.25, 0.3) is 0 Å². The van der Waals surface area contributed by atoms with Gasteiger partial charge in [0.05, 0.1) is 6.10 Å². The molecule has 1 unspecified atom stereocenters. The van der Waals surface area contributed by atoms with Crippen molar-refractivity contribution in [2.45, 2.75) is 258 Å². The first kappa shape index (κ1) is 45.6. The second kappa shape index (κ2) is 42.5. The lowest BCUT2D eigenvalue weighted by Crippen LogP contribution is -2.14. The van der Waals surface area contributed by atoms with Crippen molar-refractivity contribution in [1.82, 2.24) is 0 Å². The summed E-state index contributed by atoms with van der Waals surface area (Å²) in [5.41, 5.74) is 0. The minimum atomic E-state index is 0. The maximum Gasteiger partial charge on any atom is 0.187 e. The highest BCUT2D eigenvalue weighted by Crippen LogP contribution is 2.18. The third-order valence-electron chi connectivity index (χ3n) is 9.61. The lowest BCUT2D eigenvalue weighted by atomic mass is 10.0. The van der Waals surface area contributed by atoms with Crippen molar-refractivity contribution in [3.05, 3.63) is 0 Å². The van der Waals surface area contributed by atoms with E-state index in [0.29, 0.717) is 6.10 Å². The molecule has 43 heavy (non-hydrogen) atoms. The largest absolute Gasteiger partial charge is 0.378 e. The highest BCUT2D eigenvalue weighted by Gasteiger charge is 2.08. The number of hydrogen-bond donors (Lipinski definition) is 0. The van der Waals surface area contributed by atoms with Crippen LogP contribution in [0.1, 0.15) is 252 Å². The van der Waals surface area contributed by atoms with Crippen LogP contribution in [0.2, 0.25) is 0 Å². The van der Waals surface area contributed by atoms with E-state index in [1.807, 2.05) is 0 Å². The summed E-state index contributed by atoms with van der Waals surface area (Å²) in [6.45, 7) is 7.94. The van der Waals surface area contributed by atoms with E-state index in [-0.39, 0.29) is 17.4 Å². The Kier molecular flexibility index (Phi) is 45.1. The molecule has 0 heterocycles. The molecule has 0 fully saturated rings. The van der Waals surface area contributed by atoms with Gasteiger partial charge in [0.25, 0.3) is 0 Å². The average molecular weight is 623 g/mol. The zero-order chi connectivity index (χ0) is 30.4.